The third-order valence-electron chi connectivity index (χ3n) is 6.23. The summed E-state index contributed by atoms with van der Waals surface area (Å²) in [6.45, 7) is 5.97. The van der Waals surface area contributed by atoms with Crippen LogP contribution in [0, 0.1) is 11.6 Å². The highest BCUT2D eigenvalue weighted by atomic mass is 32.1. The van der Waals surface area contributed by atoms with Crippen LogP contribution in [0.4, 0.5) is 13.6 Å². The largest absolute Gasteiger partial charge is 0.443 e. The Morgan fingerprint density at radius 2 is 1.82 bits per heavy atom. The molecule has 1 aliphatic carbocycles. The fourth-order valence-electron chi connectivity index (χ4n) is 4.31. The second-order valence-electron chi connectivity index (χ2n) is 9.78. The van der Waals surface area contributed by atoms with Gasteiger partial charge >= 0.3 is 6.09 Å². The van der Waals surface area contributed by atoms with Gasteiger partial charge in [-0.05, 0) is 57.4 Å². The van der Waals surface area contributed by atoms with Crippen LogP contribution in [0.3, 0.4) is 0 Å². The molecule has 34 heavy (non-hydrogen) atoms. The number of aromatic nitrogens is 1. The molecule has 2 aliphatic rings. The quantitative estimate of drug-likeness (QED) is 0.548. The number of fused-ring (bicyclic) bond motifs is 1. The molecular weight excluding hydrogens is 462 g/mol. The number of carbonyl (C=O) groups excluding carboxylic acids is 2. The molecule has 0 N–H and O–H groups in total. The third kappa shape index (κ3) is 4.63. The normalized spacial score (nSPS) is 16.7. The molecule has 1 aromatic carbocycles. The summed E-state index contributed by atoms with van der Waals surface area (Å²) in [5, 5.41) is 0. The van der Waals surface area contributed by atoms with E-state index in [-0.39, 0.29) is 23.5 Å². The minimum atomic E-state index is -0.790. The minimum Gasteiger partial charge on any atom is -0.443 e. The molecule has 2 aromatic rings. The van der Waals surface area contributed by atoms with E-state index < -0.39 is 28.9 Å². The molecule has 0 atom stereocenters. The molecule has 1 fully saturated rings. The van der Waals surface area contributed by atoms with Crippen molar-refractivity contribution >= 4 is 29.1 Å². The monoisotopic (exact) mass is 490 g/mol. The number of benzene rings is 1. The molecule has 0 amide bonds. The van der Waals surface area contributed by atoms with Crippen molar-refractivity contribution in [3.05, 3.63) is 47.2 Å². The zero-order valence-corrected chi connectivity index (χ0v) is 20.6. The van der Waals surface area contributed by atoms with Gasteiger partial charge < -0.3 is 14.4 Å². The number of halogens is 2. The van der Waals surface area contributed by atoms with Gasteiger partial charge in [-0.25, -0.2) is 18.1 Å². The molecule has 6 nitrogen and oxygen atoms in total. The van der Waals surface area contributed by atoms with E-state index in [1.165, 1.54) is 17.7 Å². The van der Waals surface area contributed by atoms with Gasteiger partial charge in [0.05, 0.1) is 22.7 Å². The van der Waals surface area contributed by atoms with Gasteiger partial charge in [-0.15, -0.1) is 0 Å². The predicted octanol–water partition coefficient (Wildman–Crippen LogP) is 5.04. The molecule has 9 heteroatoms. The number of hydrogen-bond acceptors (Lipinski definition) is 5. The van der Waals surface area contributed by atoms with E-state index in [4.69, 9.17) is 21.7 Å². The summed E-state index contributed by atoms with van der Waals surface area (Å²) < 4.78 is 41.6. The molecule has 1 aliphatic heterocycles. The van der Waals surface area contributed by atoms with Gasteiger partial charge in [0.25, 0.3) is 0 Å². The first-order chi connectivity index (χ1) is 16.0. The van der Waals surface area contributed by atoms with E-state index in [0.29, 0.717) is 48.6 Å². The summed E-state index contributed by atoms with van der Waals surface area (Å²) in [7, 11) is 1.53. The van der Waals surface area contributed by atoms with Crippen LogP contribution in [-0.4, -0.2) is 51.2 Å². The lowest BCUT2D eigenvalue weighted by Crippen LogP contribution is -2.39. The number of ketones is 1. The standard InChI is InChI=1S/C25H28F2N2O4S/c1-24(2,3)33-23(31)29-18-8-11-28(21(34)13-20(30)25(32-4)9-10-25)14-15(18)12-19(29)22-16(26)6-5-7-17(22)27/h5-7,12H,8-11,13-14H2,1-4H3. The number of carbonyl (C=O) groups is 2. The van der Waals surface area contributed by atoms with Gasteiger partial charge in [-0.2, -0.15) is 0 Å². The van der Waals surface area contributed by atoms with Crippen LogP contribution < -0.4 is 0 Å². The summed E-state index contributed by atoms with van der Waals surface area (Å²) in [4.78, 5) is 28.1. The van der Waals surface area contributed by atoms with E-state index in [1.807, 2.05) is 4.90 Å². The average Bonchev–Trinajstić information content (AvgIpc) is 3.46. The Kier molecular flexibility index (Phi) is 6.37. The van der Waals surface area contributed by atoms with Crippen LogP contribution in [0.25, 0.3) is 11.3 Å². The Morgan fingerprint density at radius 1 is 1.18 bits per heavy atom. The van der Waals surface area contributed by atoms with Gasteiger partial charge in [-0.3, -0.25) is 4.79 Å². The van der Waals surface area contributed by atoms with Crippen molar-refractivity contribution in [1.29, 1.82) is 0 Å². The SMILES string of the molecule is COC1(C(=O)CC(=S)N2CCc3c(cc(-c4c(F)cccc4F)n3C(=O)OC(C)(C)C)C2)CC1. The molecule has 1 aromatic heterocycles. The molecule has 0 bridgehead atoms. The van der Waals surface area contributed by atoms with Gasteiger partial charge in [0.2, 0.25) is 0 Å². The molecule has 0 radical (unpaired) electrons. The van der Waals surface area contributed by atoms with Crippen LogP contribution >= 0.6 is 12.2 Å². The number of Topliss-reactive ketones (excluding diaryl/α,β-unsaturated/α-hetero) is 1. The lowest BCUT2D eigenvalue weighted by Gasteiger charge is -2.30. The van der Waals surface area contributed by atoms with Gasteiger partial charge in [0, 0.05) is 32.3 Å². The summed E-state index contributed by atoms with van der Waals surface area (Å²) >= 11 is 5.55. The fraction of sp³-hybridized carbons (Fsp3) is 0.480. The molecule has 182 valence electrons. The smallest absolute Gasteiger partial charge is 0.419 e. The Bertz CT molecular complexity index is 1140. The second-order valence-corrected chi connectivity index (χ2v) is 10.2. The third-order valence-corrected chi connectivity index (χ3v) is 6.64. The van der Waals surface area contributed by atoms with E-state index >= 15 is 0 Å². The molecule has 0 unspecified atom stereocenters. The second kappa shape index (κ2) is 8.85. The maximum absolute atomic E-state index is 14.7. The summed E-state index contributed by atoms with van der Waals surface area (Å²) in [6, 6.07) is 5.19. The van der Waals surface area contributed by atoms with Crippen molar-refractivity contribution < 1.29 is 27.8 Å². The predicted molar refractivity (Wildman–Crippen MR) is 127 cm³/mol. The van der Waals surface area contributed by atoms with Crippen molar-refractivity contribution in [2.24, 2.45) is 0 Å². The highest BCUT2D eigenvalue weighted by molar-refractivity contribution is 7.80. The first-order valence-corrected chi connectivity index (χ1v) is 11.6. The molecule has 1 saturated carbocycles. The average molecular weight is 491 g/mol. The van der Waals surface area contributed by atoms with Crippen molar-refractivity contribution in [2.75, 3.05) is 13.7 Å². The molecule has 0 saturated heterocycles. The van der Waals surface area contributed by atoms with E-state index in [2.05, 4.69) is 0 Å². The topological polar surface area (TPSA) is 60.8 Å². The lowest BCUT2D eigenvalue weighted by atomic mass is 10.1. The van der Waals surface area contributed by atoms with E-state index in [0.717, 1.165) is 12.1 Å². The van der Waals surface area contributed by atoms with E-state index in [9.17, 15) is 18.4 Å². The van der Waals surface area contributed by atoms with Crippen molar-refractivity contribution in [3.63, 3.8) is 0 Å². The lowest BCUT2D eigenvalue weighted by molar-refractivity contribution is -0.130. The van der Waals surface area contributed by atoms with Crippen molar-refractivity contribution in [2.45, 2.75) is 64.2 Å². The summed E-state index contributed by atoms with van der Waals surface area (Å²) in [5.41, 5.74) is -0.370. The van der Waals surface area contributed by atoms with Crippen LogP contribution in [0.2, 0.25) is 0 Å². The highest BCUT2D eigenvalue weighted by Crippen LogP contribution is 2.41. The highest BCUT2D eigenvalue weighted by Gasteiger charge is 2.50. The van der Waals surface area contributed by atoms with Crippen molar-refractivity contribution in [3.8, 4) is 11.3 Å². The number of thiocarbonyl (C=S) groups is 1. The summed E-state index contributed by atoms with van der Waals surface area (Å²) in [6.07, 6.45) is 1.19. The number of methoxy groups -OCH3 is 1. The molecular formula is C25H28F2N2O4S. The maximum atomic E-state index is 14.7. The van der Waals surface area contributed by atoms with Crippen LogP contribution in [0.1, 0.15) is 51.3 Å². The number of rotatable bonds is 5. The van der Waals surface area contributed by atoms with Crippen LogP contribution in [-0.2, 0) is 27.2 Å². The maximum Gasteiger partial charge on any atom is 0.419 e. The molecule has 4 rings (SSSR count). The van der Waals surface area contributed by atoms with Gasteiger partial charge in [0.1, 0.15) is 22.8 Å². The zero-order valence-electron chi connectivity index (χ0n) is 19.7. The Hall–Kier alpha value is -2.65. The number of nitrogens with zero attached hydrogens (tertiary/aromatic N) is 2. The Balaban J connectivity index is 1.67. The fourth-order valence-corrected chi connectivity index (χ4v) is 4.60. The molecule has 0 spiro atoms. The van der Waals surface area contributed by atoms with Crippen molar-refractivity contribution in [1.82, 2.24) is 9.47 Å². The summed E-state index contributed by atoms with van der Waals surface area (Å²) in [5.74, 6) is -1.58. The first kappa shape index (κ1) is 24.5. The minimum absolute atomic E-state index is 0.0359. The zero-order chi connectivity index (χ0) is 24.8. The van der Waals surface area contributed by atoms with Gasteiger partial charge in [-0.1, -0.05) is 18.3 Å². The Labute approximate surface area is 202 Å². The van der Waals surface area contributed by atoms with Crippen LogP contribution in [0.15, 0.2) is 24.3 Å². The van der Waals surface area contributed by atoms with Gasteiger partial charge in [0.15, 0.2) is 5.78 Å². The number of hydrogen-bond donors (Lipinski definition) is 0. The van der Waals surface area contributed by atoms with E-state index in [1.54, 1.807) is 26.8 Å². The first-order valence-electron chi connectivity index (χ1n) is 11.2. The Morgan fingerprint density at radius 3 is 2.38 bits per heavy atom. The number of ether oxygens (including phenoxy) is 2. The van der Waals surface area contributed by atoms with Crippen LogP contribution in [0.5, 0.6) is 0 Å². The molecule has 2 heterocycles.